The Labute approximate surface area is 593 Å². The fourth-order valence-corrected chi connectivity index (χ4v) is 20.4. The van der Waals surface area contributed by atoms with Gasteiger partial charge in [-0.05, 0) is 154 Å². The van der Waals surface area contributed by atoms with E-state index in [1.165, 1.54) is 106 Å². The van der Waals surface area contributed by atoms with Crippen molar-refractivity contribution in [2.24, 2.45) is 0 Å². The van der Waals surface area contributed by atoms with Crippen LogP contribution in [0.4, 0.5) is 85.3 Å². The molecule has 0 bridgehead atoms. The molecule has 10 heteroatoms. The van der Waals surface area contributed by atoms with Gasteiger partial charge in [0.1, 0.15) is 0 Å². The van der Waals surface area contributed by atoms with E-state index in [1.54, 1.807) is 0 Å². The molecule has 5 nitrogen and oxygen atoms in total. The average molecular weight is 1330 g/mol. The first kappa shape index (κ1) is 57.3. The maximum Gasteiger partial charge on any atom is 0.252 e. The van der Waals surface area contributed by atoms with Crippen LogP contribution in [-0.4, -0.2) is 13.4 Å². The normalized spacial score (nSPS) is 13.1. The lowest BCUT2D eigenvalue weighted by Crippen LogP contribution is -2.64. The molecule has 100 heavy (non-hydrogen) atoms. The first-order chi connectivity index (χ1) is 49.6. The third-order valence-corrected chi connectivity index (χ3v) is 24.3. The summed E-state index contributed by atoms with van der Waals surface area (Å²) < 4.78 is 5.11. The van der Waals surface area contributed by atoms with E-state index in [0.717, 1.165) is 73.7 Å². The number of hydrogen-bond acceptors (Lipinski definition) is 8. The molecule has 21 rings (SSSR count). The number of fused-ring (bicyclic) bond motifs is 16. The highest BCUT2D eigenvalue weighted by Gasteiger charge is 2.49. The van der Waals surface area contributed by atoms with E-state index in [9.17, 15) is 0 Å². The molecule has 6 heterocycles. The van der Waals surface area contributed by atoms with Crippen molar-refractivity contribution in [1.82, 2.24) is 0 Å². The van der Waals surface area contributed by atoms with E-state index >= 15 is 0 Å². The Morgan fingerprint density at radius 1 is 0.260 bits per heavy atom. The molecule has 4 aliphatic heterocycles. The first-order valence-electron chi connectivity index (χ1n) is 34.2. The highest BCUT2D eigenvalue weighted by atomic mass is 32.2. The third kappa shape index (κ3) is 8.77. The maximum atomic E-state index is 2.69. The van der Waals surface area contributed by atoms with Crippen LogP contribution in [0.3, 0.4) is 0 Å². The highest BCUT2D eigenvalue weighted by Crippen LogP contribution is 2.55. The quantitative estimate of drug-likeness (QED) is 0.126. The van der Waals surface area contributed by atoms with Gasteiger partial charge >= 0.3 is 0 Å². The summed E-state index contributed by atoms with van der Waals surface area (Å²) in [6.45, 7) is -0.355. The predicted molar refractivity (Wildman–Crippen MR) is 431 cm³/mol. The summed E-state index contributed by atoms with van der Waals surface area (Å²) in [4.78, 5) is 15.3. The number of hydrogen-bond donors (Lipinski definition) is 0. The summed E-state index contributed by atoms with van der Waals surface area (Å²) in [5, 5.41) is 5.09. The zero-order valence-electron chi connectivity index (χ0n) is 54.0. The summed E-state index contributed by atoms with van der Waals surface area (Å²) in [6, 6.07) is 129. The Bertz CT molecular complexity index is 6040. The Morgan fingerprint density at radius 3 is 1.22 bits per heavy atom. The van der Waals surface area contributed by atoms with Gasteiger partial charge in [-0.1, -0.05) is 242 Å². The van der Waals surface area contributed by atoms with Crippen molar-refractivity contribution in [3.05, 3.63) is 346 Å². The number of rotatable bonds is 10. The van der Waals surface area contributed by atoms with E-state index in [1.807, 2.05) is 34.4 Å². The summed E-state index contributed by atoms with van der Waals surface area (Å²) in [5.41, 5.74) is 27.0. The van der Waals surface area contributed by atoms with E-state index in [0.29, 0.717) is 0 Å². The van der Waals surface area contributed by atoms with Crippen molar-refractivity contribution in [2.75, 3.05) is 24.5 Å². The Morgan fingerprint density at radius 2 is 0.680 bits per heavy atom. The van der Waals surface area contributed by atoms with Gasteiger partial charge < -0.3 is 24.5 Å². The lowest BCUT2D eigenvalue weighted by Gasteiger charge is -2.46. The monoisotopic (exact) mass is 1330 g/mol. The molecule has 4 aliphatic rings. The molecule has 2 aromatic heterocycles. The van der Waals surface area contributed by atoms with Crippen LogP contribution in [-0.2, 0) is 0 Å². The molecule has 0 radical (unpaired) electrons. The van der Waals surface area contributed by atoms with Crippen molar-refractivity contribution in [3.63, 3.8) is 0 Å². The molecular weight excluding hydrogens is 1270 g/mol. The number of nitrogens with zero attached hydrogens (tertiary/aromatic N) is 5. The zero-order valence-corrected chi connectivity index (χ0v) is 56.5. The molecule has 0 N–H and O–H groups in total. The van der Waals surface area contributed by atoms with E-state index < -0.39 is 0 Å². The predicted octanol–water partition coefficient (Wildman–Crippen LogP) is 21.9. The zero-order chi connectivity index (χ0) is 65.5. The van der Waals surface area contributed by atoms with Crippen LogP contribution < -0.4 is 57.3 Å². The van der Waals surface area contributed by atoms with Gasteiger partial charge in [0.2, 0.25) is 6.71 Å². The van der Waals surface area contributed by atoms with Crippen LogP contribution in [0.5, 0.6) is 0 Å². The molecule has 0 saturated carbocycles. The fourth-order valence-electron chi connectivity index (χ4n) is 16.7. The molecule has 0 aliphatic carbocycles. The summed E-state index contributed by atoms with van der Waals surface area (Å²) in [5.74, 6) is 0. The van der Waals surface area contributed by atoms with Crippen molar-refractivity contribution in [3.8, 4) is 11.1 Å². The second-order valence-electron chi connectivity index (χ2n) is 26.2. The van der Waals surface area contributed by atoms with Gasteiger partial charge in [0, 0.05) is 109 Å². The molecule has 17 aromatic rings. The smallest absolute Gasteiger partial charge is 0.252 e. The lowest BCUT2D eigenvalue weighted by atomic mass is 9.31. The van der Waals surface area contributed by atoms with Crippen molar-refractivity contribution in [2.45, 2.75) is 9.79 Å². The Kier molecular flexibility index (Phi) is 13.1. The van der Waals surface area contributed by atoms with Gasteiger partial charge in [0.15, 0.2) is 0 Å². The van der Waals surface area contributed by atoms with Crippen LogP contribution in [0.15, 0.2) is 356 Å². The van der Waals surface area contributed by atoms with E-state index in [4.69, 9.17) is 0 Å². The van der Waals surface area contributed by atoms with Crippen LogP contribution in [0, 0.1) is 0 Å². The topological polar surface area (TPSA) is 16.2 Å². The standard InChI is InChI=1S/C90H57B2N5S3/c1-8-28-58(29-9-1)67-42-22-25-45-76(67)97-79-53-65(93(59-30-10-2-11-31-59)60-32-12-3-13-33-60)52-78-85(79)91(73-51-49-71-69-44-24-27-47-82(69)100-90(71)88(73)97)74-56-75-83(57-77(74)95(78)63-38-18-6-19-39-63)98-84-55-66(94(61-34-14-4-15-35-61)62-36-16-5-17-37-62)54-80-86(84)92(75)72-50-48-70-68-43-23-26-46-81(68)99-89(70)87(72)96(80)64-40-20-7-21-41-64/h1-57H. The fraction of sp³-hybridized carbons (Fsp3) is 0. The van der Waals surface area contributed by atoms with E-state index in [-0.39, 0.29) is 13.4 Å². The van der Waals surface area contributed by atoms with Crippen molar-refractivity contribution >= 4 is 206 Å². The van der Waals surface area contributed by atoms with E-state index in [2.05, 4.69) is 370 Å². The summed E-state index contributed by atoms with van der Waals surface area (Å²) in [6.07, 6.45) is 0. The average Bonchev–Trinajstić information content (AvgIpc) is 0.956. The molecule has 0 spiro atoms. The molecule has 0 amide bonds. The van der Waals surface area contributed by atoms with Gasteiger partial charge in [-0.15, -0.1) is 22.7 Å². The largest absolute Gasteiger partial charge is 0.311 e. The second kappa shape index (κ2) is 22.9. The summed E-state index contributed by atoms with van der Waals surface area (Å²) >= 11 is 5.76. The van der Waals surface area contributed by atoms with Crippen LogP contribution in [0.1, 0.15) is 0 Å². The Hall–Kier alpha value is -11.8. The second-order valence-corrected chi connectivity index (χ2v) is 29.4. The number of benzene rings is 15. The molecule has 0 unspecified atom stereocenters. The SMILES string of the molecule is c1ccc(-c2ccccc2N2c3cc(N(c4ccccc4)c4ccccc4)cc4c3B(c3cc5c(cc3N4c3ccccc3)Sc3cc(N(c4ccccc4)c4ccccc4)cc4c3B5c3ccc5c(sc6ccccc65)c3N4c3ccccc3)c3ccc4c(sc5ccccc54)c32)cc1. The third-order valence-electron chi connectivity index (χ3n) is 20.8. The van der Waals surface area contributed by atoms with Crippen LogP contribution in [0.2, 0.25) is 0 Å². The number of para-hydroxylation sites is 7. The highest BCUT2D eigenvalue weighted by molar-refractivity contribution is 8.00. The molecule has 0 saturated heterocycles. The minimum absolute atomic E-state index is 0.145. The van der Waals surface area contributed by atoms with Gasteiger partial charge in [0.25, 0.3) is 6.71 Å². The molecule has 15 aromatic carbocycles. The lowest BCUT2D eigenvalue weighted by molar-refractivity contribution is 1.22. The van der Waals surface area contributed by atoms with Gasteiger partial charge in [-0.3, -0.25) is 0 Å². The molecule has 0 atom stereocenters. The van der Waals surface area contributed by atoms with Gasteiger partial charge in [-0.25, -0.2) is 0 Å². The maximum absolute atomic E-state index is 2.69. The minimum Gasteiger partial charge on any atom is -0.311 e. The first-order valence-corrected chi connectivity index (χ1v) is 36.7. The molecule has 0 fully saturated rings. The van der Waals surface area contributed by atoms with Gasteiger partial charge in [0.05, 0.1) is 32.1 Å². The molecule has 466 valence electrons. The van der Waals surface area contributed by atoms with Crippen LogP contribution >= 0.6 is 34.4 Å². The molecular formula is C90H57B2N5S3. The number of anilines is 15. The number of thiophene rings is 2. The Balaban J connectivity index is 0.894. The summed E-state index contributed by atoms with van der Waals surface area (Å²) in [7, 11) is 0. The van der Waals surface area contributed by atoms with Crippen molar-refractivity contribution < 1.29 is 0 Å². The van der Waals surface area contributed by atoms with Gasteiger partial charge in [-0.2, -0.15) is 0 Å². The minimum atomic E-state index is -0.210. The van der Waals surface area contributed by atoms with Crippen LogP contribution in [0.25, 0.3) is 51.5 Å². The van der Waals surface area contributed by atoms with Crippen molar-refractivity contribution in [1.29, 1.82) is 0 Å².